The van der Waals surface area contributed by atoms with Gasteiger partial charge in [0.1, 0.15) is 0 Å². The summed E-state index contributed by atoms with van der Waals surface area (Å²) in [5, 5.41) is 3.50. The molecule has 1 saturated heterocycles. The van der Waals surface area contributed by atoms with Crippen LogP contribution in [0.1, 0.15) is 12.0 Å². The Balaban J connectivity index is 1.73. The summed E-state index contributed by atoms with van der Waals surface area (Å²) in [7, 11) is 0. The van der Waals surface area contributed by atoms with E-state index in [9.17, 15) is 9.59 Å². The maximum atomic E-state index is 12.5. The largest absolute Gasteiger partial charge is 0.326 e. The van der Waals surface area contributed by atoms with E-state index in [1.165, 1.54) is 0 Å². The minimum absolute atomic E-state index is 0.0527. The molecule has 0 radical (unpaired) electrons. The molecule has 0 spiro atoms. The van der Waals surface area contributed by atoms with Crippen LogP contribution in [0.2, 0.25) is 5.02 Å². The summed E-state index contributed by atoms with van der Waals surface area (Å²) in [5.74, 6) is -0.551. The van der Waals surface area contributed by atoms with E-state index >= 15 is 0 Å². The molecule has 24 heavy (non-hydrogen) atoms. The minimum Gasteiger partial charge on any atom is -0.326 e. The number of carbonyl (C=O) groups excluding carboxylic acids is 2. The van der Waals surface area contributed by atoms with Crippen molar-refractivity contribution >= 4 is 57.4 Å². The number of anilines is 2. The van der Waals surface area contributed by atoms with Gasteiger partial charge in [-0.15, -0.1) is 0 Å². The summed E-state index contributed by atoms with van der Waals surface area (Å²) in [4.78, 5) is 26.5. The van der Waals surface area contributed by atoms with Crippen molar-refractivity contribution in [3.63, 3.8) is 0 Å². The van der Waals surface area contributed by atoms with Gasteiger partial charge in [0.25, 0.3) is 0 Å². The van der Waals surface area contributed by atoms with Gasteiger partial charge < -0.3 is 10.2 Å². The molecule has 0 aliphatic carbocycles. The van der Waals surface area contributed by atoms with Gasteiger partial charge in [-0.05, 0) is 71.5 Å². The Labute approximate surface area is 159 Å². The normalized spacial score (nSPS) is 17.2. The van der Waals surface area contributed by atoms with Crippen molar-refractivity contribution in [3.8, 4) is 0 Å². The monoisotopic (exact) mass is 454 g/mol. The van der Waals surface area contributed by atoms with Gasteiger partial charge in [0.2, 0.25) is 11.8 Å². The highest BCUT2D eigenvalue weighted by atomic mass is 127. The van der Waals surface area contributed by atoms with Crippen molar-refractivity contribution in [1.82, 2.24) is 0 Å². The zero-order valence-electron chi connectivity index (χ0n) is 13.1. The minimum atomic E-state index is -0.366. The fraction of sp³-hybridized carbons (Fsp3) is 0.222. The summed E-state index contributed by atoms with van der Waals surface area (Å²) in [6.07, 6.45) is 0.210. The average Bonchev–Trinajstić information content (AvgIpc) is 2.94. The molecule has 1 heterocycles. The van der Waals surface area contributed by atoms with Crippen molar-refractivity contribution in [2.75, 3.05) is 16.8 Å². The Morgan fingerprint density at radius 2 is 1.96 bits per heavy atom. The standard InChI is InChI=1S/C18H16ClIN2O2/c1-11-15(19)3-2-4-16(11)22-10-12(9-17(22)23)18(24)21-14-7-5-13(20)6-8-14/h2-8,12H,9-10H2,1H3,(H,21,24). The van der Waals surface area contributed by atoms with Gasteiger partial charge in [-0.3, -0.25) is 9.59 Å². The van der Waals surface area contributed by atoms with Crippen molar-refractivity contribution in [2.24, 2.45) is 5.92 Å². The molecule has 3 rings (SSSR count). The Morgan fingerprint density at radius 3 is 2.67 bits per heavy atom. The molecule has 1 atom stereocenters. The molecular weight excluding hydrogens is 439 g/mol. The quantitative estimate of drug-likeness (QED) is 0.705. The van der Waals surface area contributed by atoms with E-state index in [1.54, 1.807) is 11.0 Å². The van der Waals surface area contributed by atoms with E-state index in [2.05, 4.69) is 27.9 Å². The molecule has 2 amide bonds. The van der Waals surface area contributed by atoms with Crippen LogP contribution in [-0.2, 0) is 9.59 Å². The summed E-state index contributed by atoms with van der Waals surface area (Å²) in [5.41, 5.74) is 2.37. The van der Waals surface area contributed by atoms with Crippen LogP contribution in [0.4, 0.5) is 11.4 Å². The maximum Gasteiger partial charge on any atom is 0.229 e. The Hall–Kier alpha value is -1.60. The lowest BCUT2D eigenvalue weighted by Crippen LogP contribution is -2.28. The average molecular weight is 455 g/mol. The fourth-order valence-corrected chi connectivity index (χ4v) is 3.31. The van der Waals surface area contributed by atoms with E-state index in [0.29, 0.717) is 11.6 Å². The molecule has 124 valence electrons. The van der Waals surface area contributed by atoms with Gasteiger partial charge in [0, 0.05) is 32.9 Å². The summed E-state index contributed by atoms with van der Waals surface area (Å²) < 4.78 is 1.10. The molecule has 1 N–H and O–H groups in total. The lowest BCUT2D eigenvalue weighted by Gasteiger charge is -2.19. The zero-order chi connectivity index (χ0) is 17.3. The molecule has 1 unspecified atom stereocenters. The summed E-state index contributed by atoms with van der Waals surface area (Å²) >= 11 is 8.35. The SMILES string of the molecule is Cc1c(Cl)cccc1N1CC(C(=O)Nc2ccc(I)cc2)CC1=O. The molecule has 0 aromatic heterocycles. The van der Waals surface area contributed by atoms with E-state index in [1.807, 2.05) is 43.3 Å². The van der Waals surface area contributed by atoms with Crippen molar-refractivity contribution in [3.05, 3.63) is 56.6 Å². The smallest absolute Gasteiger partial charge is 0.229 e. The third kappa shape index (κ3) is 3.57. The molecule has 6 heteroatoms. The maximum absolute atomic E-state index is 12.5. The topological polar surface area (TPSA) is 49.4 Å². The molecule has 1 fully saturated rings. The number of hydrogen-bond donors (Lipinski definition) is 1. The summed E-state index contributed by atoms with van der Waals surface area (Å²) in [6, 6.07) is 13.0. The number of halogens is 2. The van der Waals surface area contributed by atoms with Gasteiger partial charge in [-0.1, -0.05) is 17.7 Å². The van der Waals surface area contributed by atoms with Crippen LogP contribution in [0.3, 0.4) is 0 Å². The Bertz CT molecular complexity index is 792. The number of carbonyl (C=O) groups is 2. The molecule has 2 aromatic carbocycles. The number of hydrogen-bond acceptors (Lipinski definition) is 2. The highest BCUT2D eigenvalue weighted by molar-refractivity contribution is 14.1. The third-order valence-electron chi connectivity index (χ3n) is 4.14. The van der Waals surface area contributed by atoms with Gasteiger partial charge in [-0.25, -0.2) is 0 Å². The van der Waals surface area contributed by atoms with Crippen molar-refractivity contribution in [1.29, 1.82) is 0 Å². The highest BCUT2D eigenvalue weighted by Crippen LogP contribution is 2.31. The molecule has 1 aliphatic heterocycles. The zero-order valence-corrected chi connectivity index (χ0v) is 16.0. The third-order valence-corrected chi connectivity index (χ3v) is 5.27. The molecule has 1 aliphatic rings. The predicted molar refractivity (Wildman–Crippen MR) is 104 cm³/mol. The fourth-order valence-electron chi connectivity index (χ4n) is 2.78. The van der Waals surface area contributed by atoms with Gasteiger partial charge in [0.15, 0.2) is 0 Å². The second-order valence-corrected chi connectivity index (χ2v) is 7.44. The van der Waals surface area contributed by atoms with Gasteiger partial charge in [0.05, 0.1) is 5.92 Å². The van der Waals surface area contributed by atoms with E-state index in [-0.39, 0.29) is 24.2 Å². The van der Waals surface area contributed by atoms with Crippen LogP contribution in [-0.4, -0.2) is 18.4 Å². The van der Waals surface area contributed by atoms with E-state index in [0.717, 1.165) is 20.5 Å². The molecular formula is C18H16ClIN2O2. The second kappa shape index (κ2) is 7.11. The van der Waals surface area contributed by atoms with Crippen LogP contribution in [0, 0.1) is 16.4 Å². The van der Waals surface area contributed by atoms with E-state index in [4.69, 9.17) is 11.6 Å². The second-order valence-electron chi connectivity index (χ2n) is 5.79. The number of benzene rings is 2. The van der Waals surface area contributed by atoms with Crippen LogP contribution < -0.4 is 10.2 Å². The van der Waals surface area contributed by atoms with Crippen molar-refractivity contribution in [2.45, 2.75) is 13.3 Å². The first kappa shape index (κ1) is 17.2. The number of nitrogens with zero attached hydrogens (tertiary/aromatic N) is 1. The lowest BCUT2D eigenvalue weighted by atomic mass is 10.1. The number of nitrogens with one attached hydrogen (secondary N) is 1. The van der Waals surface area contributed by atoms with E-state index < -0.39 is 0 Å². The molecule has 2 aromatic rings. The molecule has 4 nitrogen and oxygen atoms in total. The van der Waals surface area contributed by atoms with Crippen LogP contribution in [0.15, 0.2) is 42.5 Å². The molecule has 0 bridgehead atoms. The Morgan fingerprint density at radius 1 is 1.25 bits per heavy atom. The highest BCUT2D eigenvalue weighted by Gasteiger charge is 2.35. The van der Waals surface area contributed by atoms with Crippen LogP contribution >= 0.6 is 34.2 Å². The predicted octanol–water partition coefficient (Wildman–Crippen LogP) is 4.24. The molecule has 0 saturated carbocycles. The van der Waals surface area contributed by atoms with Crippen LogP contribution in [0.5, 0.6) is 0 Å². The Kier molecular flexibility index (Phi) is 5.10. The lowest BCUT2D eigenvalue weighted by molar-refractivity contribution is -0.122. The first-order chi connectivity index (χ1) is 11.5. The number of amides is 2. The van der Waals surface area contributed by atoms with Gasteiger partial charge in [-0.2, -0.15) is 0 Å². The number of rotatable bonds is 3. The first-order valence-electron chi connectivity index (χ1n) is 7.57. The summed E-state index contributed by atoms with van der Waals surface area (Å²) in [6.45, 7) is 2.25. The first-order valence-corrected chi connectivity index (χ1v) is 9.03. The van der Waals surface area contributed by atoms with Gasteiger partial charge >= 0.3 is 0 Å². The van der Waals surface area contributed by atoms with Crippen LogP contribution in [0.25, 0.3) is 0 Å². The van der Waals surface area contributed by atoms with Crippen molar-refractivity contribution < 1.29 is 9.59 Å².